The maximum atomic E-state index is 6.06. The summed E-state index contributed by atoms with van der Waals surface area (Å²) in [6, 6.07) is 196. The van der Waals surface area contributed by atoms with Crippen LogP contribution in [-0.4, -0.2) is 0 Å². The van der Waals surface area contributed by atoms with Crippen LogP contribution < -0.4 is 0 Å². The molecule has 0 fully saturated rings. The summed E-state index contributed by atoms with van der Waals surface area (Å²) in [5.74, 6) is 0. The molecule has 3 aromatic heterocycles. The van der Waals surface area contributed by atoms with Crippen molar-refractivity contribution in [1.82, 2.24) is 0 Å². The largest absolute Gasteiger partial charge is 0.456 e. The van der Waals surface area contributed by atoms with E-state index in [-0.39, 0.29) is 0 Å². The Morgan fingerprint density at radius 3 is 0.890 bits per heavy atom. The van der Waals surface area contributed by atoms with Gasteiger partial charge in [0.05, 0.1) is 0 Å². The first kappa shape index (κ1) is 84.8. The Kier molecular flexibility index (Phi) is 20.8. The molecule has 0 saturated carbocycles. The highest BCUT2D eigenvalue weighted by atomic mass is 32.1. The Balaban J connectivity index is 0.000000106. The van der Waals surface area contributed by atoms with Crippen molar-refractivity contribution < 1.29 is 4.42 Å². The van der Waals surface area contributed by atoms with E-state index in [0.717, 1.165) is 21.9 Å². The van der Waals surface area contributed by atoms with Crippen LogP contribution in [0.3, 0.4) is 0 Å². The van der Waals surface area contributed by atoms with E-state index in [0.29, 0.717) is 0 Å². The van der Waals surface area contributed by atoms with Crippen LogP contribution in [0.2, 0.25) is 0 Å². The van der Waals surface area contributed by atoms with Crippen molar-refractivity contribution in [2.75, 3.05) is 0 Å². The quantitative estimate of drug-likeness (QED) is 0.118. The molecule has 0 amide bonds. The van der Waals surface area contributed by atoms with Crippen molar-refractivity contribution in [3.8, 4) is 122 Å². The maximum absolute atomic E-state index is 6.06. The monoisotopic (exact) mass is 1870 g/mol. The van der Waals surface area contributed by atoms with Crippen LogP contribution in [0.5, 0.6) is 0 Å². The number of benzene rings is 27. The van der Waals surface area contributed by atoms with Gasteiger partial charge in [0.2, 0.25) is 0 Å². The summed E-state index contributed by atoms with van der Waals surface area (Å²) in [6.45, 7) is 0. The highest BCUT2D eigenvalue weighted by Crippen LogP contribution is 2.54. The number of fused-ring (bicyclic) bond motifs is 19. The van der Waals surface area contributed by atoms with Crippen molar-refractivity contribution in [2.45, 2.75) is 0 Å². The molecule has 0 atom stereocenters. The van der Waals surface area contributed by atoms with E-state index >= 15 is 0 Å². The lowest BCUT2D eigenvalue weighted by atomic mass is 9.83. The fourth-order valence-corrected chi connectivity index (χ4v) is 25.8. The molecule has 0 bridgehead atoms. The van der Waals surface area contributed by atoms with E-state index < -0.39 is 0 Å². The number of thiophene rings is 2. The van der Waals surface area contributed by atoms with Crippen LogP contribution in [0.15, 0.2) is 538 Å². The van der Waals surface area contributed by atoms with E-state index in [4.69, 9.17) is 4.42 Å². The molecule has 0 radical (unpaired) electrons. The average Bonchev–Trinajstić information content (AvgIpc) is 1.09. The molecule has 0 aliphatic heterocycles. The second kappa shape index (κ2) is 35.5. The summed E-state index contributed by atoms with van der Waals surface area (Å²) in [7, 11) is 0. The first-order valence-corrected chi connectivity index (χ1v) is 51.5. The van der Waals surface area contributed by atoms with Gasteiger partial charge in [-0.3, -0.25) is 0 Å². The van der Waals surface area contributed by atoms with Crippen LogP contribution >= 0.6 is 22.7 Å². The molecule has 674 valence electrons. The van der Waals surface area contributed by atoms with E-state index in [1.54, 1.807) is 0 Å². The molecule has 0 aliphatic carbocycles. The zero-order chi connectivity index (χ0) is 95.5. The van der Waals surface area contributed by atoms with Gasteiger partial charge >= 0.3 is 0 Å². The summed E-state index contributed by atoms with van der Waals surface area (Å²) in [6.07, 6.45) is 0. The predicted molar refractivity (Wildman–Crippen MR) is 627 cm³/mol. The van der Waals surface area contributed by atoms with E-state index in [9.17, 15) is 0 Å². The first-order chi connectivity index (χ1) is 71.9. The summed E-state index contributed by atoms with van der Waals surface area (Å²) >= 11 is 3.79. The maximum Gasteiger partial charge on any atom is 0.135 e. The third kappa shape index (κ3) is 14.6. The second-order valence-electron chi connectivity index (χ2n) is 38.1. The van der Waals surface area contributed by atoms with Gasteiger partial charge in [-0.05, 0) is 291 Å². The smallest absolute Gasteiger partial charge is 0.135 e. The van der Waals surface area contributed by atoms with Crippen LogP contribution in [0.25, 0.3) is 292 Å². The summed E-state index contributed by atoms with van der Waals surface area (Å²) in [5.41, 5.74) is 29.3. The fraction of sp³-hybridized carbons (Fsp3) is 0. The lowest BCUT2D eigenvalue weighted by Crippen LogP contribution is -1.93. The molecule has 0 saturated heterocycles. The summed E-state index contributed by atoms with van der Waals surface area (Å²) < 4.78 is 11.4. The topological polar surface area (TPSA) is 13.1 Å². The fourth-order valence-electron chi connectivity index (χ4n) is 23.3. The molecule has 30 aromatic rings. The highest BCUT2D eigenvalue weighted by molar-refractivity contribution is 7.26. The molecule has 0 spiro atoms. The Hall–Kier alpha value is -18.2. The van der Waals surface area contributed by atoms with Gasteiger partial charge in [0, 0.05) is 51.1 Å². The normalized spacial score (nSPS) is 11.7. The van der Waals surface area contributed by atoms with Crippen LogP contribution in [-0.2, 0) is 0 Å². The molecule has 145 heavy (non-hydrogen) atoms. The van der Waals surface area contributed by atoms with Gasteiger partial charge in [0.25, 0.3) is 0 Å². The minimum absolute atomic E-state index is 0.921. The van der Waals surface area contributed by atoms with Crippen LogP contribution in [0.1, 0.15) is 0 Å². The van der Waals surface area contributed by atoms with E-state index in [2.05, 4.69) is 522 Å². The average molecular weight is 1870 g/mol. The number of hydrogen-bond donors (Lipinski definition) is 0. The molecule has 27 aromatic carbocycles. The third-order valence-corrected chi connectivity index (χ3v) is 32.4. The van der Waals surface area contributed by atoms with Gasteiger partial charge in [-0.25, -0.2) is 0 Å². The first-order valence-electron chi connectivity index (χ1n) is 49.9. The molecule has 3 heterocycles. The van der Waals surface area contributed by atoms with Crippen molar-refractivity contribution in [1.29, 1.82) is 0 Å². The lowest BCUT2D eigenvalue weighted by molar-refractivity contribution is 0.669. The second-order valence-corrected chi connectivity index (χ2v) is 40.2. The molecular weight excluding hydrogens is 1790 g/mol. The molecule has 0 N–H and O–H groups in total. The van der Waals surface area contributed by atoms with Crippen molar-refractivity contribution in [3.63, 3.8) is 0 Å². The number of hydrogen-bond acceptors (Lipinski definition) is 3. The molecular formula is C142H88OS2. The Morgan fingerprint density at radius 2 is 0.393 bits per heavy atom. The minimum Gasteiger partial charge on any atom is -0.456 e. The molecule has 0 aliphatic rings. The van der Waals surface area contributed by atoms with Crippen molar-refractivity contribution in [3.05, 3.63) is 534 Å². The molecule has 3 heteroatoms. The molecule has 0 unspecified atom stereocenters. The Morgan fingerprint density at radius 1 is 0.117 bits per heavy atom. The highest BCUT2D eigenvalue weighted by Gasteiger charge is 2.26. The lowest BCUT2D eigenvalue weighted by Gasteiger charge is -2.20. The number of rotatable bonds is 11. The van der Waals surface area contributed by atoms with Crippen molar-refractivity contribution in [2.24, 2.45) is 0 Å². The minimum atomic E-state index is 0.921. The standard InChI is InChI=1S/C52H32S.C46H28S.C44H28O/c1-2-14-35-30-37(27-26-33(35)12-1)36-16-9-17-39(31-36)50-44-20-5-6-21-45(44)51(43-23-10-15-34-13-3-4-18-40(34)43)46-29-28-38(32-48(46)50)41-22-11-24-47-42-19-7-8-25-49(42)53-52(41)47;1-3-16-32-29(12-1)14-9-22-36(32)44-38-19-5-6-20-39(38)45(37-23-10-15-30-13-2-4-17-33(30)37)42-28-31(26-27-40(42)44)34-21-11-24-41-35-18-7-8-25-43(35)47-46(34)41;1-3-11-31(12-4-1)43-36-16-7-8-17-37(36)44(32-13-5-2-6-14-32)40-28-33(23-25-38(40)43)29-19-21-30(22-20-29)34-24-26-42-39(27-34)35-15-9-10-18-41(35)45-42/h1-32H;1-28H;1-28H. The van der Waals surface area contributed by atoms with Crippen LogP contribution in [0.4, 0.5) is 0 Å². The summed E-state index contributed by atoms with van der Waals surface area (Å²) in [4.78, 5) is 0. The van der Waals surface area contributed by atoms with Gasteiger partial charge in [0.15, 0.2) is 0 Å². The van der Waals surface area contributed by atoms with Gasteiger partial charge in [0.1, 0.15) is 11.2 Å². The van der Waals surface area contributed by atoms with Gasteiger partial charge < -0.3 is 4.42 Å². The zero-order valence-corrected chi connectivity index (χ0v) is 80.7. The Labute approximate surface area is 846 Å². The molecule has 30 rings (SSSR count). The van der Waals surface area contributed by atoms with E-state index in [1.807, 2.05) is 34.8 Å². The SMILES string of the molecule is c1cc(-c2ccc3ccccc3c2)cc(-c2c3ccccc3c(-c3cccc4ccccc34)c3ccc(-c4cccc5c4sc4ccccc45)cc23)c1.c1ccc(-c2c3ccccc3c(-c3ccccc3)c3cc(-c4ccc(-c5ccc6oc7ccccc7c6c5)cc4)ccc23)cc1.c1ccc2c(-c3c4ccccc4c(-c4cccc5ccccc45)c4cc(-c5cccc6c5sc5ccccc56)ccc34)cccc2c1. The zero-order valence-electron chi connectivity index (χ0n) is 79.0. The van der Waals surface area contributed by atoms with Crippen LogP contribution in [0, 0.1) is 0 Å². The molecule has 1 nitrogen and oxygen atoms in total. The third-order valence-electron chi connectivity index (χ3n) is 30.0. The van der Waals surface area contributed by atoms with Gasteiger partial charge in [-0.2, -0.15) is 0 Å². The van der Waals surface area contributed by atoms with Gasteiger partial charge in [-0.15, -0.1) is 22.7 Å². The van der Waals surface area contributed by atoms with E-state index in [1.165, 1.54) is 270 Å². The predicted octanol–water partition coefficient (Wildman–Crippen LogP) is 41.6. The number of para-hydroxylation sites is 1. The summed E-state index contributed by atoms with van der Waals surface area (Å²) in [5, 5.41) is 32.9. The number of furan rings is 1. The van der Waals surface area contributed by atoms with Crippen molar-refractivity contribution >= 4 is 193 Å². The van der Waals surface area contributed by atoms with Gasteiger partial charge in [-0.1, -0.05) is 473 Å². The Bertz CT molecular complexity index is 10500.